The molecule has 1 saturated heterocycles. The molecule has 0 bridgehead atoms. The van der Waals surface area contributed by atoms with Crippen molar-refractivity contribution in [3.8, 4) is 0 Å². The lowest BCUT2D eigenvalue weighted by atomic mass is 9.91. The number of ether oxygens (including phenoxy) is 1. The molecule has 8 nitrogen and oxygen atoms in total. The van der Waals surface area contributed by atoms with Crippen molar-refractivity contribution in [1.82, 2.24) is 4.98 Å². The zero-order valence-corrected chi connectivity index (χ0v) is 16.4. The quantitative estimate of drug-likeness (QED) is 0.414. The fourth-order valence-corrected chi connectivity index (χ4v) is 3.64. The highest BCUT2D eigenvalue weighted by Gasteiger charge is 2.37. The van der Waals surface area contributed by atoms with Crippen molar-refractivity contribution in [2.45, 2.75) is 46.1 Å². The van der Waals surface area contributed by atoms with Crippen molar-refractivity contribution in [2.24, 2.45) is 5.92 Å². The third-order valence-corrected chi connectivity index (χ3v) is 5.08. The van der Waals surface area contributed by atoms with Gasteiger partial charge in [-0.05, 0) is 43.9 Å². The van der Waals surface area contributed by atoms with Gasteiger partial charge in [0.1, 0.15) is 17.1 Å². The minimum atomic E-state index is -0.717. The molecule has 1 aliphatic rings. The van der Waals surface area contributed by atoms with Gasteiger partial charge in [0.15, 0.2) is 0 Å². The van der Waals surface area contributed by atoms with Crippen molar-refractivity contribution < 1.29 is 18.9 Å². The lowest BCUT2D eigenvalue weighted by Crippen LogP contribution is -2.37. The van der Waals surface area contributed by atoms with E-state index in [2.05, 4.69) is 11.9 Å². The van der Waals surface area contributed by atoms with Gasteiger partial charge in [-0.2, -0.15) is 0 Å². The Hall–Kier alpha value is -2.90. The lowest BCUT2D eigenvalue weighted by Gasteiger charge is -2.38. The molecule has 28 heavy (non-hydrogen) atoms. The Bertz CT molecular complexity index is 863. The molecule has 2 unspecified atom stereocenters. The predicted octanol–water partition coefficient (Wildman–Crippen LogP) is 4.30. The second-order valence-electron chi connectivity index (χ2n) is 7.00. The molecule has 0 amide bonds. The maximum atomic E-state index is 12.3. The van der Waals surface area contributed by atoms with Crippen LogP contribution in [-0.2, 0) is 11.2 Å². The number of hydrogen-bond donors (Lipinski definition) is 0. The van der Waals surface area contributed by atoms with Gasteiger partial charge in [-0.15, -0.1) is 0 Å². The van der Waals surface area contributed by atoms with Crippen LogP contribution in [0, 0.1) is 16.0 Å². The zero-order valence-electron chi connectivity index (χ0n) is 16.4. The Labute approximate surface area is 163 Å². The molecule has 2 aromatic rings. The molecule has 0 radical (unpaired) electrons. The van der Waals surface area contributed by atoms with Crippen molar-refractivity contribution in [3.05, 3.63) is 51.6 Å². The van der Waals surface area contributed by atoms with Gasteiger partial charge in [0.25, 0.3) is 0 Å². The van der Waals surface area contributed by atoms with Crippen molar-refractivity contribution in [1.29, 1.82) is 0 Å². The predicted molar refractivity (Wildman–Crippen MR) is 103 cm³/mol. The van der Waals surface area contributed by atoms with E-state index in [1.54, 1.807) is 6.92 Å². The Morgan fingerprint density at radius 1 is 1.39 bits per heavy atom. The first kappa shape index (κ1) is 19.9. The smallest absolute Gasteiger partial charge is 0.345 e. The number of rotatable bonds is 6. The summed E-state index contributed by atoms with van der Waals surface area (Å²) in [7, 11) is 0. The van der Waals surface area contributed by atoms with E-state index < -0.39 is 10.9 Å². The molecule has 8 heteroatoms. The van der Waals surface area contributed by atoms with Crippen LogP contribution in [0.1, 0.15) is 61.5 Å². The van der Waals surface area contributed by atoms with Crippen LogP contribution >= 0.6 is 0 Å². The number of aromatic nitrogens is 1. The largest absolute Gasteiger partial charge is 0.464 e. The number of carbonyl (C=O) groups excluding carboxylic acids is 1. The van der Waals surface area contributed by atoms with Gasteiger partial charge >= 0.3 is 11.7 Å². The molecule has 0 aliphatic carbocycles. The number of nitrogens with zero attached hydrogens (tertiary/aromatic N) is 3. The van der Waals surface area contributed by atoms with Crippen LogP contribution < -0.4 is 4.90 Å². The topological polar surface area (TPSA) is 98.7 Å². The number of anilines is 1. The van der Waals surface area contributed by atoms with Crippen molar-refractivity contribution in [3.63, 3.8) is 0 Å². The summed E-state index contributed by atoms with van der Waals surface area (Å²) in [5.74, 6) is 1.55. The van der Waals surface area contributed by atoms with Crippen LogP contribution in [0.15, 0.2) is 28.8 Å². The van der Waals surface area contributed by atoms with E-state index in [4.69, 9.17) is 9.15 Å². The molecule has 0 N–H and O–H groups in total. The SMILES string of the molecule is CCOC(=O)c1ccnc(N2CCC(C)CC2c2ccc(CC)o2)c1[N+](=O)[O-]. The van der Waals surface area contributed by atoms with E-state index in [1.807, 2.05) is 24.0 Å². The standard InChI is InChI=1S/C20H25N3O5/c1-4-14-6-7-17(28-14)16-12-13(3)9-11-22(16)19-18(23(25)26)15(8-10-21-19)20(24)27-5-2/h6-8,10,13,16H,4-5,9,11-12H2,1-3H3. The van der Waals surface area contributed by atoms with Gasteiger partial charge in [0.2, 0.25) is 5.82 Å². The van der Waals surface area contributed by atoms with E-state index in [0.717, 1.165) is 30.8 Å². The second kappa shape index (κ2) is 8.41. The molecule has 2 atom stereocenters. The van der Waals surface area contributed by atoms with Crippen LogP contribution in [0.3, 0.4) is 0 Å². The molecule has 2 aromatic heterocycles. The van der Waals surface area contributed by atoms with Gasteiger partial charge in [-0.1, -0.05) is 13.8 Å². The number of hydrogen-bond acceptors (Lipinski definition) is 7. The molecule has 0 aromatic carbocycles. The number of pyridine rings is 1. The van der Waals surface area contributed by atoms with Crippen LogP contribution in [0.2, 0.25) is 0 Å². The molecule has 0 spiro atoms. The third-order valence-electron chi connectivity index (χ3n) is 5.08. The highest BCUT2D eigenvalue weighted by Crippen LogP contribution is 2.41. The average molecular weight is 387 g/mol. The number of furan rings is 1. The molecule has 0 saturated carbocycles. The zero-order chi connectivity index (χ0) is 20.3. The first-order valence-electron chi connectivity index (χ1n) is 9.61. The van der Waals surface area contributed by atoms with Crippen LogP contribution in [0.4, 0.5) is 11.5 Å². The fraction of sp³-hybridized carbons (Fsp3) is 0.500. The molecule has 150 valence electrons. The summed E-state index contributed by atoms with van der Waals surface area (Å²) >= 11 is 0. The van der Waals surface area contributed by atoms with Gasteiger partial charge in [-0.25, -0.2) is 9.78 Å². The highest BCUT2D eigenvalue weighted by atomic mass is 16.6. The Balaban J connectivity index is 2.07. The summed E-state index contributed by atoms with van der Waals surface area (Å²) in [5.41, 5.74) is -0.398. The fourth-order valence-electron chi connectivity index (χ4n) is 3.64. The van der Waals surface area contributed by atoms with Gasteiger partial charge in [-0.3, -0.25) is 10.1 Å². The van der Waals surface area contributed by atoms with E-state index in [9.17, 15) is 14.9 Å². The lowest BCUT2D eigenvalue weighted by molar-refractivity contribution is -0.384. The van der Waals surface area contributed by atoms with Crippen molar-refractivity contribution >= 4 is 17.5 Å². The summed E-state index contributed by atoms with van der Waals surface area (Å²) in [6.07, 6.45) is 3.86. The van der Waals surface area contributed by atoms with E-state index in [0.29, 0.717) is 12.5 Å². The molecule has 1 aliphatic heterocycles. The summed E-state index contributed by atoms with van der Waals surface area (Å²) < 4.78 is 11.0. The molecule has 3 heterocycles. The van der Waals surface area contributed by atoms with Crippen LogP contribution in [0.5, 0.6) is 0 Å². The van der Waals surface area contributed by atoms with Crippen LogP contribution in [0.25, 0.3) is 0 Å². The normalized spacial score (nSPS) is 19.5. The average Bonchev–Trinajstić information content (AvgIpc) is 3.16. The number of carbonyl (C=O) groups is 1. The summed E-state index contributed by atoms with van der Waals surface area (Å²) in [6, 6.07) is 5.02. The first-order chi connectivity index (χ1) is 13.5. The van der Waals surface area contributed by atoms with Crippen LogP contribution in [-0.4, -0.2) is 29.0 Å². The molecule has 1 fully saturated rings. The number of nitro groups is 1. The molecule has 3 rings (SSSR count). The Kier molecular flexibility index (Phi) is 5.96. The number of piperidine rings is 1. The van der Waals surface area contributed by atoms with Gasteiger partial charge < -0.3 is 14.1 Å². The summed E-state index contributed by atoms with van der Waals surface area (Å²) in [4.78, 5) is 29.7. The maximum absolute atomic E-state index is 12.3. The van der Waals surface area contributed by atoms with E-state index >= 15 is 0 Å². The van der Waals surface area contributed by atoms with E-state index in [1.165, 1.54) is 12.3 Å². The Morgan fingerprint density at radius 2 is 2.18 bits per heavy atom. The Morgan fingerprint density at radius 3 is 2.82 bits per heavy atom. The second-order valence-corrected chi connectivity index (χ2v) is 7.00. The summed E-state index contributed by atoms with van der Waals surface area (Å²) in [5, 5.41) is 11.9. The maximum Gasteiger partial charge on any atom is 0.345 e. The number of aryl methyl sites for hydroxylation is 1. The minimum Gasteiger partial charge on any atom is -0.464 e. The highest BCUT2D eigenvalue weighted by molar-refractivity contribution is 5.96. The first-order valence-corrected chi connectivity index (χ1v) is 9.61. The molecular formula is C20H25N3O5. The number of esters is 1. The third kappa shape index (κ3) is 3.85. The monoisotopic (exact) mass is 387 g/mol. The molecular weight excluding hydrogens is 362 g/mol. The van der Waals surface area contributed by atoms with E-state index in [-0.39, 0.29) is 29.7 Å². The van der Waals surface area contributed by atoms with Crippen molar-refractivity contribution in [2.75, 3.05) is 18.1 Å². The van der Waals surface area contributed by atoms with Gasteiger partial charge in [0, 0.05) is 19.2 Å². The van der Waals surface area contributed by atoms with Gasteiger partial charge in [0.05, 0.1) is 17.6 Å². The minimum absolute atomic E-state index is 0.0806. The summed E-state index contributed by atoms with van der Waals surface area (Å²) in [6.45, 7) is 6.57.